The van der Waals surface area contributed by atoms with Gasteiger partial charge in [0, 0.05) is 19.4 Å². The third-order valence-corrected chi connectivity index (χ3v) is 3.09. The maximum Gasteiger partial charge on any atom is 0.389 e. The fourth-order valence-electron chi connectivity index (χ4n) is 2.08. The molecule has 0 bridgehead atoms. The molecule has 0 saturated heterocycles. The number of aromatic nitrogens is 3. The summed E-state index contributed by atoms with van der Waals surface area (Å²) in [6.07, 6.45) is -3.41. The van der Waals surface area contributed by atoms with E-state index in [-0.39, 0.29) is 6.42 Å². The molecule has 1 aromatic heterocycles. The average molecular weight is 248 g/mol. The molecule has 96 valence electrons. The minimum Gasteiger partial charge on any atom is -0.330 e. The van der Waals surface area contributed by atoms with E-state index in [1.807, 2.05) is 0 Å². The first-order valence-corrected chi connectivity index (χ1v) is 5.67. The van der Waals surface area contributed by atoms with Gasteiger partial charge >= 0.3 is 6.18 Å². The van der Waals surface area contributed by atoms with Gasteiger partial charge in [-0.3, -0.25) is 0 Å². The fraction of sp³-hybridized carbons (Fsp3) is 0.800. The highest BCUT2D eigenvalue weighted by Gasteiger charge is 2.29. The molecule has 0 spiro atoms. The van der Waals surface area contributed by atoms with Gasteiger partial charge in [-0.2, -0.15) is 13.2 Å². The first kappa shape index (κ1) is 12.3. The topological polar surface area (TPSA) is 56.7 Å². The molecule has 0 aromatic carbocycles. The monoisotopic (exact) mass is 248 g/mol. The lowest BCUT2D eigenvalue weighted by atomic mass is 9.99. The van der Waals surface area contributed by atoms with Crippen LogP contribution in [0.5, 0.6) is 0 Å². The van der Waals surface area contributed by atoms with E-state index in [1.54, 1.807) is 4.57 Å². The number of aryl methyl sites for hydroxylation is 2. The standard InChI is InChI=1S/C10H15F3N4/c11-10(12,13)4-3-9-16-15-8-2-1-7(5-14)6-17(8)9/h7H,1-6,14H2. The number of rotatable bonds is 3. The molecule has 2 N–H and O–H groups in total. The Hall–Kier alpha value is -1.11. The molecule has 17 heavy (non-hydrogen) atoms. The van der Waals surface area contributed by atoms with Gasteiger partial charge in [-0.05, 0) is 18.9 Å². The van der Waals surface area contributed by atoms with E-state index in [9.17, 15) is 13.2 Å². The summed E-state index contributed by atoms with van der Waals surface area (Å²) in [6, 6.07) is 0. The molecule has 1 aromatic rings. The number of fused-ring (bicyclic) bond motifs is 1. The molecule has 0 aliphatic carbocycles. The van der Waals surface area contributed by atoms with Gasteiger partial charge in [-0.25, -0.2) is 0 Å². The summed E-state index contributed by atoms with van der Waals surface area (Å²) in [5.41, 5.74) is 5.59. The molecule has 1 atom stereocenters. The van der Waals surface area contributed by atoms with Crippen LogP contribution >= 0.6 is 0 Å². The van der Waals surface area contributed by atoms with E-state index in [0.717, 1.165) is 18.7 Å². The third-order valence-electron chi connectivity index (χ3n) is 3.09. The van der Waals surface area contributed by atoms with Gasteiger partial charge in [-0.15, -0.1) is 10.2 Å². The molecule has 2 rings (SSSR count). The Kier molecular flexibility index (Phi) is 3.37. The second-order valence-corrected chi connectivity index (χ2v) is 4.40. The lowest BCUT2D eigenvalue weighted by Gasteiger charge is -2.23. The maximum atomic E-state index is 12.1. The van der Waals surface area contributed by atoms with Crippen LogP contribution < -0.4 is 5.73 Å². The maximum absolute atomic E-state index is 12.1. The lowest BCUT2D eigenvalue weighted by molar-refractivity contribution is -0.134. The van der Waals surface area contributed by atoms with Crippen molar-refractivity contribution in [3.05, 3.63) is 11.6 Å². The highest BCUT2D eigenvalue weighted by molar-refractivity contribution is 5.00. The van der Waals surface area contributed by atoms with Gasteiger partial charge in [0.2, 0.25) is 0 Å². The third kappa shape index (κ3) is 2.96. The molecular weight excluding hydrogens is 233 g/mol. The van der Waals surface area contributed by atoms with Crippen LogP contribution in [0.1, 0.15) is 24.5 Å². The van der Waals surface area contributed by atoms with Crippen LogP contribution in [0.4, 0.5) is 13.2 Å². The summed E-state index contributed by atoms with van der Waals surface area (Å²) in [5.74, 6) is 1.53. The van der Waals surface area contributed by atoms with Crippen molar-refractivity contribution in [1.82, 2.24) is 14.8 Å². The van der Waals surface area contributed by atoms with Gasteiger partial charge in [0.25, 0.3) is 0 Å². The molecule has 2 heterocycles. The summed E-state index contributed by atoms with van der Waals surface area (Å²) in [6.45, 7) is 1.20. The predicted octanol–water partition coefficient (Wildman–Crippen LogP) is 1.29. The summed E-state index contributed by atoms with van der Waals surface area (Å²) < 4.78 is 38.2. The van der Waals surface area contributed by atoms with Crippen LogP contribution in [-0.4, -0.2) is 27.5 Å². The quantitative estimate of drug-likeness (QED) is 0.877. The molecule has 4 nitrogen and oxygen atoms in total. The van der Waals surface area contributed by atoms with Gasteiger partial charge in [0.1, 0.15) is 11.6 Å². The van der Waals surface area contributed by atoms with E-state index in [0.29, 0.717) is 24.8 Å². The minimum absolute atomic E-state index is 0.103. The number of hydrogen-bond acceptors (Lipinski definition) is 3. The Morgan fingerprint density at radius 2 is 2.12 bits per heavy atom. The van der Waals surface area contributed by atoms with Crippen molar-refractivity contribution in [2.45, 2.75) is 38.4 Å². The van der Waals surface area contributed by atoms with Crippen LogP contribution in [0.15, 0.2) is 0 Å². The van der Waals surface area contributed by atoms with Crippen LogP contribution in [0.2, 0.25) is 0 Å². The smallest absolute Gasteiger partial charge is 0.330 e. The zero-order valence-corrected chi connectivity index (χ0v) is 9.37. The van der Waals surface area contributed by atoms with Crippen LogP contribution in [0.3, 0.4) is 0 Å². The van der Waals surface area contributed by atoms with Gasteiger partial charge in [0.05, 0.1) is 6.42 Å². The Balaban J connectivity index is 2.07. The van der Waals surface area contributed by atoms with E-state index in [2.05, 4.69) is 10.2 Å². The lowest BCUT2D eigenvalue weighted by Crippen LogP contribution is -2.27. The Morgan fingerprint density at radius 3 is 2.76 bits per heavy atom. The van der Waals surface area contributed by atoms with Gasteiger partial charge in [-0.1, -0.05) is 0 Å². The van der Waals surface area contributed by atoms with E-state index in [4.69, 9.17) is 5.73 Å². The Labute approximate surface area is 97.0 Å². The first-order chi connectivity index (χ1) is 7.99. The van der Waals surface area contributed by atoms with Crippen LogP contribution in [-0.2, 0) is 19.4 Å². The number of alkyl halides is 3. The van der Waals surface area contributed by atoms with E-state index in [1.165, 1.54) is 0 Å². The molecule has 7 heteroatoms. The second kappa shape index (κ2) is 4.64. The van der Waals surface area contributed by atoms with Crippen molar-refractivity contribution in [2.75, 3.05) is 6.54 Å². The number of hydrogen-bond donors (Lipinski definition) is 1. The van der Waals surface area contributed by atoms with Crippen molar-refractivity contribution in [2.24, 2.45) is 11.7 Å². The highest BCUT2D eigenvalue weighted by Crippen LogP contribution is 2.24. The van der Waals surface area contributed by atoms with Crippen molar-refractivity contribution in [3.8, 4) is 0 Å². The first-order valence-electron chi connectivity index (χ1n) is 5.67. The summed E-state index contributed by atoms with van der Waals surface area (Å²) >= 11 is 0. The van der Waals surface area contributed by atoms with E-state index >= 15 is 0 Å². The van der Waals surface area contributed by atoms with E-state index < -0.39 is 12.6 Å². The zero-order chi connectivity index (χ0) is 12.5. The molecule has 1 aliphatic heterocycles. The van der Waals surface area contributed by atoms with Crippen molar-refractivity contribution in [1.29, 1.82) is 0 Å². The SMILES string of the molecule is NCC1CCc2nnc(CCC(F)(F)F)n2C1. The molecule has 0 fully saturated rings. The molecule has 0 saturated carbocycles. The molecular formula is C10H15F3N4. The fourth-order valence-corrected chi connectivity index (χ4v) is 2.08. The van der Waals surface area contributed by atoms with Crippen LogP contribution in [0.25, 0.3) is 0 Å². The zero-order valence-electron chi connectivity index (χ0n) is 9.37. The highest BCUT2D eigenvalue weighted by atomic mass is 19.4. The number of nitrogens with two attached hydrogens (primary N) is 1. The molecule has 0 radical (unpaired) electrons. The summed E-state index contributed by atoms with van der Waals surface area (Å²) in [5, 5.41) is 7.77. The number of nitrogens with zero attached hydrogens (tertiary/aromatic N) is 3. The second-order valence-electron chi connectivity index (χ2n) is 4.40. The normalized spacial score (nSPS) is 20.4. The largest absolute Gasteiger partial charge is 0.389 e. The van der Waals surface area contributed by atoms with Crippen molar-refractivity contribution in [3.63, 3.8) is 0 Å². The van der Waals surface area contributed by atoms with Gasteiger partial charge < -0.3 is 10.3 Å². The minimum atomic E-state index is -4.14. The predicted molar refractivity (Wildman–Crippen MR) is 55.3 cm³/mol. The van der Waals surface area contributed by atoms with Crippen LogP contribution in [0, 0.1) is 5.92 Å². The number of halogens is 3. The molecule has 1 unspecified atom stereocenters. The molecule has 0 amide bonds. The Bertz CT molecular complexity index is 385. The van der Waals surface area contributed by atoms with Gasteiger partial charge in [0.15, 0.2) is 0 Å². The van der Waals surface area contributed by atoms with Crippen molar-refractivity contribution >= 4 is 0 Å². The Morgan fingerprint density at radius 1 is 1.35 bits per heavy atom. The molecule has 1 aliphatic rings. The summed E-state index contributed by atoms with van der Waals surface area (Å²) in [4.78, 5) is 0. The summed E-state index contributed by atoms with van der Waals surface area (Å²) in [7, 11) is 0. The van der Waals surface area contributed by atoms with Crippen molar-refractivity contribution < 1.29 is 13.2 Å². The average Bonchev–Trinajstić information content (AvgIpc) is 2.67.